The van der Waals surface area contributed by atoms with Gasteiger partial charge in [0.05, 0.1) is 5.52 Å². The fraction of sp³-hybridized carbons (Fsp3) is 0.391. The number of nitrogens with one attached hydrogen (secondary N) is 1. The van der Waals surface area contributed by atoms with Crippen LogP contribution >= 0.6 is 0 Å². The number of fused-ring (bicyclic) bond motifs is 1. The van der Waals surface area contributed by atoms with Crippen LogP contribution in [0.15, 0.2) is 53.5 Å². The minimum Gasteiger partial charge on any atom is -0.370 e. The molecule has 148 valence electrons. The molecule has 5 heteroatoms. The van der Waals surface area contributed by atoms with Crippen LogP contribution in [0.5, 0.6) is 0 Å². The molecule has 0 aliphatic carbocycles. The highest BCUT2D eigenvalue weighted by molar-refractivity contribution is 5.85. The molecule has 0 unspecified atom stereocenters. The van der Waals surface area contributed by atoms with Crippen molar-refractivity contribution in [3.8, 4) is 11.1 Å². The summed E-state index contributed by atoms with van der Waals surface area (Å²) in [5.41, 5.74) is 2.54. The van der Waals surface area contributed by atoms with E-state index in [1.807, 2.05) is 55.7 Å². The van der Waals surface area contributed by atoms with E-state index >= 15 is 0 Å². The van der Waals surface area contributed by atoms with E-state index in [9.17, 15) is 4.79 Å². The van der Waals surface area contributed by atoms with Crippen LogP contribution in [0.4, 0.5) is 5.82 Å². The van der Waals surface area contributed by atoms with Crippen molar-refractivity contribution in [2.75, 3.05) is 31.5 Å². The Hall–Kier alpha value is -2.66. The smallest absolute Gasteiger partial charge is 0.258 e. The maximum absolute atomic E-state index is 12.8. The molecule has 0 amide bonds. The third-order valence-electron chi connectivity index (χ3n) is 5.29. The molecule has 28 heavy (non-hydrogen) atoms. The summed E-state index contributed by atoms with van der Waals surface area (Å²) in [5.74, 6) is 0.817. The molecule has 0 aliphatic rings. The molecule has 0 saturated heterocycles. The van der Waals surface area contributed by atoms with Crippen molar-refractivity contribution in [1.82, 2.24) is 14.5 Å². The first kappa shape index (κ1) is 20.1. The third-order valence-corrected chi connectivity index (χ3v) is 5.29. The van der Waals surface area contributed by atoms with Crippen molar-refractivity contribution in [2.24, 2.45) is 7.05 Å². The van der Waals surface area contributed by atoms with Crippen molar-refractivity contribution < 1.29 is 0 Å². The zero-order valence-electron chi connectivity index (χ0n) is 17.1. The van der Waals surface area contributed by atoms with E-state index in [1.165, 1.54) is 6.42 Å². The van der Waals surface area contributed by atoms with Gasteiger partial charge in [-0.2, -0.15) is 0 Å². The van der Waals surface area contributed by atoms with Crippen LogP contribution in [-0.4, -0.2) is 40.6 Å². The number of hydrogen-bond donors (Lipinski definition) is 1. The standard InChI is InChI=1S/C23H30N4O/c1-4-27(5-2)14-10-9-13-24-22-16-21-19(17-25-22)15-20(23(28)26(21)3)18-11-7-6-8-12-18/h6-8,11-12,15-17H,4-5,9-10,13-14H2,1-3H3,(H,24,25). The van der Waals surface area contributed by atoms with E-state index in [0.29, 0.717) is 5.56 Å². The van der Waals surface area contributed by atoms with Gasteiger partial charge in [-0.15, -0.1) is 0 Å². The molecule has 2 heterocycles. The Balaban J connectivity index is 1.72. The lowest BCUT2D eigenvalue weighted by Gasteiger charge is -2.17. The molecule has 5 nitrogen and oxygen atoms in total. The summed E-state index contributed by atoms with van der Waals surface area (Å²) in [5, 5.41) is 4.36. The van der Waals surface area contributed by atoms with E-state index in [2.05, 4.69) is 29.0 Å². The largest absolute Gasteiger partial charge is 0.370 e. The molecule has 3 rings (SSSR count). The fourth-order valence-electron chi connectivity index (χ4n) is 3.50. The molecular formula is C23H30N4O. The highest BCUT2D eigenvalue weighted by atomic mass is 16.1. The minimum absolute atomic E-state index is 0.00933. The molecule has 0 spiro atoms. The summed E-state index contributed by atoms with van der Waals surface area (Å²) < 4.78 is 1.71. The first-order chi connectivity index (χ1) is 13.6. The molecule has 0 saturated carbocycles. The Kier molecular flexibility index (Phi) is 6.82. The van der Waals surface area contributed by atoms with Crippen molar-refractivity contribution >= 4 is 16.7 Å². The molecule has 0 atom stereocenters. The monoisotopic (exact) mass is 378 g/mol. The SMILES string of the molecule is CCN(CC)CCCCNc1cc2c(cn1)cc(-c1ccccc1)c(=O)n2C. The second-order valence-corrected chi connectivity index (χ2v) is 7.08. The van der Waals surface area contributed by atoms with E-state index in [1.54, 1.807) is 4.57 Å². The Morgan fingerprint density at radius 1 is 1.07 bits per heavy atom. The van der Waals surface area contributed by atoms with E-state index < -0.39 is 0 Å². The van der Waals surface area contributed by atoms with Gasteiger partial charge >= 0.3 is 0 Å². The number of nitrogens with zero attached hydrogens (tertiary/aromatic N) is 3. The van der Waals surface area contributed by atoms with Crippen LogP contribution in [-0.2, 0) is 7.05 Å². The van der Waals surface area contributed by atoms with Gasteiger partial charge in [0.25, 0.3) is 5.56 Å². The zero-order valence-corrected chi connectivity index (χ0v) is 17.1. The highest BCUT2D eigenvalue weighted by Gasteiger charge is 2.10. The van der Waals surface area contributed by atoms with Gasteiger partial charge in [-0.05, 0) is 44.1 Å². The van der Waals surface area contributed by atoms with Crippen LogP contribution in [0.25, 0.3) is 22.0 Å². The van der Waals surface area contributed by atoms with Gasteiger partial charge in [-0.1, -0.05) is 44.2 Å². The molecule has 0 aliphatic heterocycles. The summed E-state index contributed by atoms with van der Waals surface area (Å²) in [4.78, 5) is 19.8. The predicted molar refractivity (Wildman–Crippen MR) is 118 cm³/mol. The molecule has 0 bridgehead atoms. The molecule has 1 aromatic carbocycles. The third kappa shape index (κ3) is 4.60. The van der Waals surface area contributed by atoms with E-state index in [4.69, 9.17) is 0 Å². The van der Waals surface area contributed by atoms with Gasteiger partial charge in [0.1, 0.15) is 5.82 Å². The van der Waals surface area contributed by atoms with Crippen molar-refractivity contribution in [3.05, 3.63) is 59.0 Å². The van der Waals surface area contributed by atoms with Crippen LogP contribution in [0, 0.1) is 0 Å². The summed E-state index contributed by atoms with van der Waals surface area (Å²) in [6.45, 7) is 8.64. The topological polar surface area (TPSA) is 50.2 Å². The number of aryl methyl sites for hydroxylation is 1. The van der Waals surface area contributed by atoms with Gasteiger partial charge < -0.3 is 14.8 Å². The van der Waals surface area contributed by atoms with E-state index in [-0.39, 0.29) is 5.56 Å². The maximum Gasteiger partial charge on any atom is 0.258 e. The first-order valence-electron chi connectivity index (χ1n) is 10.2. The second-order valence-electron chi connectivity index (χ2n) is 7.08. The average Bonchev–Trinajstić information content (AvgIpc) is 2.74. The van der Waals surface area contributed by atoms with E-state index in [0.717, 1.165) is 54.9 Å². The maximum atomic E-state index is 12.8. The molecular weight excluding hydrogens is 348 g/mol. The zero-order chi connectivity index (χ0) is 19.9. The molecule has 0 fully saturated rings. The van der Waals surface area contributed by atoms with Crippen LogP contribution in [0.1, 0.15) is 26.7 Å². The van der Waals surface area contributed by atoms with Crippen molar-refractivity contribution in [2.45, 2.75) is 26.7 Å². The second kappa shape index (κ2) is 9.51. The summed E-state index contributed by atoms with van der Waals surface area (Å²) in [6.07, 6.45) is 4.11. The Morgan fingerprint density at radius 3 is 2.54 bits per heavy atom. The Morgan fingerprint density at radius 2 is 1.82 bits per heavy atom. The Bertz CT molecular complexity index is 961. The van der Waals surface area contributed by atoms with Gasteiger partial charge in [0.2, 0.25) is 0 Å². The van der Waals surface area contributed by atoms with Gasteiger partial charge in [-0.25, -0.2) is 4.98 Å². The van der Waals surface area contributed by atoms with Crippen LogP contribution in [0.3, 0.4) is 0 Å². The average molecular weight is 379 g/mol. The van der Waals surface area contributed by atoms with Crippen LogP contribution in [0.2, 0.25) is 0 Å². The molecule has 2 aromatic heterocycles. The quantitative estimate of drug-likeness (QED) is 0.569. The highest BCUT2D eigenvalue weighted by Crippen LogP contribution is 2.21. The lowest BCUT2D eigenvalue weighted by Crippen LogP contribution is -2.24. The first-order valence-corrected chi connectivity index (χ1v) is 10.2. The lowest BCUT2D eigenvalue weighted by atomic mass is 10.1. The molecule has 0 radical (unpaired) electrons. The number of pyridine rings is 2. The van der Waals surface area contributed by atoms with Crippen molar-refractivity contribution in [3.63, 3.8) is 0 Å². The normalized spacial score (nSPS) is 11.3. The van der Waals surface area contributed by atoms with Gasteiger partial charge in [0, 0.05) is 36.8 Å². The number of aromatic nitrogens is 2. The number of hydrogen-bond acceptors (Lipinski definition) is 4. The Labute approximate surface area is 167 Å². The van der Waals surface area contributed by atoms with Crippen molar-refractivity contribution in [1.29, 1.82) is 0 Å². The number of rotatable bonds is 9. The number of unbranched alkanes of at least 4 members (excludes halogenated alkanes) is 1. The summed E-state index contributed by atoms with van der Waals surface area (Å²) >= 11 is 0. The predicted octanol–water partition coefficient (Wildman–Crippen LogP) is 4.13. The number of benzene rings is 1. The minimum atomic E-state index is 0.00933. The molecule has 3 aromatic rings. The van der Waals surface area contributed by atoms with Gasteiger partial charge in [-0.3, -0.25) is 4.79 Å². The number of anilines is 1. The summed E-state index contributed by atoms with van der Waals surface area (Å²) in [7, 11) is 1.82. The summed E-state index contributed by atoms with van der Waals surface area (Å²) in [6, 6.07) is 13.7. The van der Waals surface area contributed by atoms with Gasteiger partial charge in [0.15, 0.2) is 0 Å². The fourth-order valence-corrected chi connectivity index (χ4v) is 3.50. The lowest BCUT2D eigenvalue weighted by molar-refractivity contribution is 0.298. The molecule has 1 N–H and O–H groups in total. The van der Waals surface area contributed by atoms with Crippen LogP contribution < -0.4 is 10.9 Å².